The largest absolute Gasteiger partial charge is 0.365 e. The lowest BCUT2D eigenvalue weighted by Crippen LogP contribution is -2.55. The van der Waals surface area contributed by atoms with Crippen LogP contribution in [0.1, 0.15) is 13.8 Å². The van der Waals surface area contributed by atoms with Gasteiger partial charge in [0.25, 0.3) is 0 Å². The summed E-state index contributed by atoms with van der Waals surface area (Å²) in [6.45, 7) is 3.35. The fraction of sp³-hybridized carbons (Fsp3) is 0.462. The first kappa shape index (κ1) is 14.0. The highest BCUT2D eigenvalue weighted by Crippen LogP contribution is 2.30. The van der Waals surface area contributed by atoms with Crippen molar-refractivity contribution in [3.05, 3.63) is 30.3 Å². The van der Waals surface area contributed by atoms with Crippen LogP contribution in [0.4, 0.5) is 0 Å². The van der Waals surface area contributed by atoms with E-state index in [1.54, 1.807) is 44.2 Å². The molecule has 1 aromatic rings. The molecule has 1 saturated heterocycles. The first-order valence-corrected chi connectivity index (χ1v) is 7.52. The molecule has 6 heteroatoms. The summed E-state index contributed by atoms with van der Waals surface area (Å²) in [6.07, 6.45) is -0.560. The average Bonchev–Trinajstić information content (AvgIpc) is 2.40. The number of hydrogen-bond acceptors (Lipinski definition) is 4. The zero-order valence-corrected chi connectivity index (χ0v) is 11.7. The molecule has 0 aliphatic carbocycles. The Balaban J connectivity index is 2.31. The molecular weight excluding hydrogens is 266 g/mol. The number of sulfone groups is 1. The predicted octanol–water partition coefficient (Wildman–Crippen LogP) is 0.754. The smallest absolute Gasteiger partial charge is 0.246 e. The molecule has 19 heavy (non-hydrogen) atoms. The second-order valence-corrected chi connectivity index (χ2v) is 7.55. The van der Waals surface area contributed by atoms with E-state index in [-0.39, 0.29) is 24.0 Å². The quantitative estimate of drug-likeness (QED) is 0.888. The van der Waals surface area contributed by atoms with E-state index >= 15 is 0 Å². The summed E-state index contributed by atoms with van der Waals surface area (Å²) in [5.74, 6) is -0.218. The van der Waals surface area contributed by atoms with E-state index in [4.69, 9.17) is 4.74 Å². The van der Waals surface area contributed by atoms with Crippen molar-refractivity contribution in [1.29, 1.82) is 0 Å². The van der Waals surface area contributed by atoms with Crippen molar-refractivity contribution in [2.24, 2.45) is 0 Å². The van der Waals surface area contributed by atoms with Crippen molar-refractivity contribution < 1.29 is 17.9 Å². The Kier molecular flexibility index (Phi) is 3.64. The molecular formula is C13H17NO4S. The van der Waals surface area contributed by atoms with Gasteiger partial charge in [-0.2, -0.15) is 0 Å². The van der Waals surface area contributed by atoms with Gasteiger partial charge in [0.05, 0.1) is 15.7 Å². The minimum atomic E-state index is -3.53. The molecule has 1 unspecified atom stereocenters. The van der Waals surface area contributed by atoms with E-state index in [2.05, 4.69) is 5.32 Å². The molecule has 1 atom stereocenters. The van der Waals surface area contributed by atoms with Gasteiger partial charge < -0.3 is 10.1 Å². The van der Waals surface area contributed by atoms with E-state index in [9.17, 15) is 13.2 Å². The highest BCUT2D eigenvalue weighted by molar-refractivity contribution is 7.92. The lowest BCUT2D eigenvalue weighted by Gasteiger charge is -2.36. The standard InChI is InChI=1S/C13H17NO4S/c1-13(2,11-8-14-12(15)9-18-11)19(16,17)10-6-4-3-5-7-10/h3-7,11H,8-9H2,1-2H3,(H,14,15). The minimum Gasteiger partial charge on any atom is -0.365 e. The van der Waals surface area contributed by atoms with Gasteiger partial charge in [-0.3, -0.25) is 4.79 Å². The number of amides is 1. The van der Waals surface area contributed by atoms with E-state index in [0.717, 1.165) is 0 Å². The second kappa shape index (κ2) is 4.94. The second-order valence-electron chi connectivity index (χ2n) is 5.02. The van der Waals surface area contributed by atoms with Gasteiger partial charge in [-0.25, -0.2) is 8.42 Å². The number of nitrogens with one attached hydrogen (secondary N) is 1. The van der Waals surface area contributed by atoms with Crippen molar-refractivity contribution in [2.45, 2.75) is 29.6 Å². The van der Waals surface area contributed by atoms with Gasteiger partial charge >= 0.3 is 0 Å². The summed E-state index contributed by atoms with van der Waals surface area (Å²) in [7, 11) is -3.53. The Morgan fingerprint density at radius 1 is 1.26 bits per heavy atom. The Morgan fingerprint density at radius 2 is 1.89 bits per heavy atom. The highest BCUT2D eigenvalue weighted by atomic mass is 32.2. The van der Waals surface area contributed by atoms with Crippen LogP contribution >= 0.6 is 0 Å². The van der Waals surface area contributed by atoms with E-state index in [0.29, 0.717) is 0 Å². The normalized spacial score (nSPS) is 20.9. The van der Waals surface area contributed by atoms with Crippen molar-refractivity contribution >= 4 is 15.7 Å². The average molecular weight is 283 g/mol. The molecule has 0 saturated carbocycles. The number of morpholine rings is 1. The van der Waals surface area contributed by atoms with E-state index in [1.165, 1.54) is 0 Å². The molecule has 1 fully saturated rings. The van der Waals surface area contributed by atoms with Gasteiger partial charge in [0.15, 0.2) is 9.84 Å². The van der Waals surface area contributed by atoms with Gasteiger partial charge in [0.1, 0.15) is 6.61 Å². The van der Waals surface area contributed by atoms with Crippen LogP contribution in [0.15, 0.2) is 35.2 Å². The number of hydrogen-bond donors (Lipinski definition) is 1. The fourth-order valence-corrected chi connectivity index (χ4v) is 3.64. The maximum absolute atomic E-state index is 12.6. The van der Waals surface area contributed by atoms with Crippen LogP contribution in [0.25, 0.3) is 0 Å². The zero-order chi connectivity index (χ0) is 14.1. The van der Waals surface area contributed by atoms with Crippen LogP contribution in [0, 0.1) is 0 Å². The summed E-state index contributed by atoms with van der Waals surface area (Å²) in [6, 6.07) is 8.28. The Labute approximate surface area is 112 Å². The van der Waals surface area contributed by atoms with Crippen molar-refractivity contribution in [1.82, 2.24) is 5.32 Å². The van der Waals surface area contributed by atoms with Gasteiger partial charge in [0.2, 0.25) is 5.91 Å². The topological polar surface area (TPSA) is 72.5 Å². The summed E-state index contributed by atoms with van der Waals surface area (Å²) in [5.41, 5.74) is 0. The van der Waals surface area contributed by atoms with Crippen molar-refractivity contribution in [2.75, 3.05) is 13.2 Å². The molecule has 0 bridgehead atoms. The summed E-state index contributed by atoms with van der Waals surface area (Å²) in [5, 5.41) is 2.63. The molecule has 1 aliphatic heterocycles. The molecule has 2 rings (SSSR count). The fourth-order valence-electron chi connectivity index (χ4n) is 2.02. The third-order valence-corrected chi connectivity index (χ3v) is 5.96. The third-order valence-electron chi connectivity index (χ3n) is 3.42. The summed E-state index contributed by atoms with van der Waals surface area (Å²) < 4.78 is 29.5. The summed E-state index contributed by atoms with van der Waals surface area (Å²) in [4.78, 5) is 11.3. The Hall–Kier alpha value is -1.40. The van der Waals surface area contributed by atoms with Gasteiger partial charge in [-0.15, -0.1) is 0 Å². The molecule has 5 nitrogen and oxygen atoms in total. The summed E-state index contributed by atoms with van der Waals surface area (Å²) >= 11 is 0. The Morgan fingerprint density at radius 3 is 2.42 bits per heavy atom. The zero-order valence-electron chi connectivity index (χ0n) is 10.9. The van der Waals surface area contributed by atoms with Crippen molar-refractivity contribution in [3.8, 4) is 0 Å². The van der Waals surface area contributed by atoms with Gasteiger partial charge in [0, 0.05) is 6.54 Å². The van der Waals surface area contributed by atoms with Crippen LogP contribution in [-0.4, -0.2) is 38.3 Å². The maximum atomic E-state index is 12.6. The number of benzene rings is 1. The highest BCUT2D eigenvalue weighted by Gasteiger charge is 2.45. The number of carbonyl (C=O) groups excluding carboxylic acids is 1. The predicted molar refractivity (Wildman–Crippen MR) is 70.5 cm³/mol. The molecule has 0 radical (unpaired) electrons. The SMILES string of the molecule is CC(C)(C1CNC(=O)CO1)S(=O)(=O)c1ccccc1. The van der Waals surface area contributed by atoms with E-state index < -0.39 is 20.7 Å². The van der Waals surface area contributed by atoms with Crippen LogP contribution < -0.4 is 5.32 Å². The molecule has 104 valence electrons. The van der Waals surface area contributed by atoms with E-state index in [1.807, 2.05) is 0 Å². The van der Waals surface area contributed by atoms with Crippen LogP contribution in [0.3, 0.4) is 0 Å². The molecule has 1 aromatic carbocycles. The van der Waals surface area contributed by atoms with Gasteiger partial charge in [-0.1, -0.05) is 18.2 Å². The first-order valence-electron chi connectivity index (χ1n) is 6.03. The van der Waals surface area contributed by atoms with Crippen molar-refractivity contribution in [3.63, 3.8) is 0 Å². The molecule has 0 aromatic heterocycles. The lowest BCUT2D eigenvalue weighted by molar-refractivity contribution is -0.134. The monoisotopic (exact) mass is 283 g/mol. The van der Waals surface area contributed by atoms with Crippen LogP contribution in [-0.2, 0) is 19.4 Å². The lowest BCUT2D eigenvalue weighted by atomic mass is 10.1. The first-order chi connectivity index (χ1) is 8.85. The third kappa shape index (κ3) is 2.50. The number of rotatable bonds is 3. The van der Waals surface area contributed by atoms with Crippen LogP contribution in [0.2, 0.25) is 0 Å². The number of carbonyl (C=O) groups is 1. The van der Waals surface area contributed by atoms with Crippen LogP contribution in [0.5, 0.6) is 0 Å². The number of ether oxygens (including phenoxy) is 1. The molecule has 1 N–H and O–H groups in total. The Bertz CT molecular complexity index is 556. The minimum absolute atomic E-state index is 0.0988. The maximum Gasteiger partial charge on any atom is 0.246 e. The molecule has 1 aliphatic rings. The molecule has 0 spiro atoms. The molecule has 1 amide bonds. The molecule has 1 heterocycles. The van der Waals surface area contributed by atoms with Gasteiger partial charge in [-0.05, 0) is 26.0 Å².